The number of esters is 1. The predicted molar refractivity (Wildman–Crippen MR) is 123 cm³/mol. The first kappa shape index (κ1) is 26.6. The molecule has 0 aromatic carbocycles. The Morgan fingerprint density at radius 3 is 1.52 bits per heavy atom. The molecule has 1 atom stereocenters. The van der Waals surface area contributed by atoms with E-state index in [2.05, 4.69) is 13.5 Å². The Kier molecular flexibility index (Phi) is 21.6. The summed E-state index contributed by atoms with van der Waals surface area (Å²) in [4.78, 5) is 11.2. The van der Waals surface area contributed by atoms with Crippen LogP contribution in [0.2, 0.25) is 0 Å². The molecule has 160 valence electrons. The molecule has 1 unspecified atom stereocenters. The van der Waals surface area contributed by atoms with Gasteiger partial charge in [0, 0.05) is 5.57 Å². The van der Waals surface area contributed by atoms with E-state index in [4.69, 9.17) is 4.74 Å². The Labute approximate surface area is 172 Å². The van der Waals surface area contributed by atoms with E-state index in [-0.39, 0.29) is 5.97 Å². The van der Waals surface area contributed by atoms with Gasteiger partial charge in [0.25, 0.3) is 0 Å². The van der Waals surface area contributed by atoms with Gasteiger partial charge in [0.15, 0.2) is 0 Å². The van der Waals surface area contributed by atoms with Gasteiger partial charge < -0.3 is 4.74 Å². The second-order valence-corrected chi connectivity index (χ2v) is 9.47. The lowest BCUT2D eigenvalue weighted by atomic mass is 10.0. The van der Waals surface area contributed by atoms with E-state index in [0.29, 0.717) is 12.2 Å². The SMILES string of the molecule is C=C(C)C(=O)OCCPCCCCCCCCCCCCCCCCCC. The number of hydrogen-bond donors (Lipinski definition) is 0. The molecule has 0 aromatic heterocycles. The molecule has 0 spiro atoms. The monoisotopic (exact) mass is 398 g/mol. The van der Waals surface area contributed by atoms with E-state index in [1.54, 1.807) is 6.92 Å². The van der Waals surface area contributed by atoms with Crippen LogP contribution in [0.5, 0.6) is 0 Å². The molecule has 0 fully saturated rings. The van der Waals surface area contributed by atoms with Crippen LogP contribution in [0.25, 0.3) is 0 Å². The largest absolute Gasteiger partial charge is 0.462 e. The lowest BCUT2D eigenvalue weighted by Crippen LogP contribution is -2.07. The Hall–Kier alpha value is -0.360. The average molecular weight is 399 g/mol. The molecule has 0 heterocycles. The minimum Gasteiger partial charge on any atom is -0.462 e. The fourth-order valence-electron chi connectivity index (χ4n) is 3.26. The molecule has 0 aromatic rings. The summed E-state index contributed by atoms with van der Waals surface area (Å²) in [5.74, 6) is -0.248. The molecule has 0 N–H and O–H groups in total. The van der Waals surface area contributed by atoms with Gasteiger partial charge in [-0.15, -0.1) is 8.58 Å². The first-order valence-electron chi connectivity index (χ1n) is 11.7. The van der Waals surface area contributed by atoms with Crippen LogP contribution >= 0.6 is 8.58 Å². The van der Waals surface area contributed by atoms with Gasteiger partial charge in [-0.25, -0.2) is 4.79 Å². The summed E-state index contributed by atoms with van der Waals surface area (Å²) in [5, 5.41) is 0. The molecule has 0 aliphatic heterocycles. The number of rotatable bonds is 21. The van der Waals surface area contributed by atoms with Crippen molar-refractivity contribution in [3.8, 4) is 0 Å². The van der Waals surface area contributed by atoms with Crippen molar-refractivity contribution >= 4 is 14.6 Å². The minimum atomic E-state index is -0.248. The van der Waals surface area contributed by atoms with Crippen LogP contribution < -0.4 is 0 Å². The van der Waals surface area contributed by atoms with E-state index < -0.39 is 0 Å². The minimum absolute atomic E-state index is 0.248. The van der Waals surface area contributed by atoms with Gasteiger partial charge in [-0.05, 0) is 25.7 Å². The van der Waals surface area contributed by atoms with Crippen LogP contribution in [0.15, 0.2) is 12.2 Å². The number of ether oxygens (including phenoxy) is 1. The highest BCUT2D eigenvalue weighted by Crippen LogP contribution is 2.16. The Morgan fingerprint density at radius 1 is 0.704 bits per heavy atom. The quantitative estimate of drug-likeness (QED) is 0.0846. The van der Waals surface area contributed by atoms with Crippen molar-refractivity contribution in [1.29, 1.82) is 0 Å². The van der Waals surface area contributed by atoms with E-state index in [1.807, 2.05) is 0 Å². The highest BCUT2D eigenvalue weighted by atomic mass is 31.1. The van der Waals surface area contributed by atoms with Crippen LogP contribution in [0.4, 0.5) is 0 Å². The smallest absolute Gasteiger partial charge is 0.333 e. The molecule has 0 amide bonds. The average Bonchev–Trinajstić information content (AvgIpc) is 2.66. The van der Waals surface area contributed by atoms with Gasteiger partial charge >= 0.3 is 5.97 Å². The highest BCUT2D eigenvalue weighted by Gasteiger charge is 2.01. The standard InChI is InChI=1S/C24H47O2P/c1-4-5-6-7-8-9-10-11-12-13-14-15-16-17-18-19-21-27-22-20-26-24(25)23(2)3/h27H,2,4-22H2,1,3H3. The maximum Gasteiger partial charge on any atom is 0.333 e. The van der Waals surface area contributed by atoms with Crippen molar-refractivity contribution in [3.63, 3.8) is 0 Å². The Morgan fingerprint density at radius 2 is 1.11 bits per heavy atom. The summed E-state index contributed by atoms with van der Waals surface area (Å²) in [6.45, 7) is 8.13. The molecule has 3 heteroatoms. The Bertz CT molecular complexity index is 341. The zero-order chi connectivity index (χ0) is 20.0. The van der Waals surface area contributed by atoms with Gasteiger partial charge in [-0.1, -0.05) is 110 Å². The van der Waals surface area contributed by atoms with E-state index in [9.17, 15) is 4.79 Å². The molecule has 0 bridgehead atoms. The number of unbranched alkanes of at least 4 members (excludes halogenated alkanes) is 15. The van der Waals surface area contributed by atoms with Gasteiger partial charge in [0.05, 0.1) is 6.61 Å². The molecular formula is C24H47O2P. The summed E-state index contributed by atoms with van der Waals surface area (Å²) < 4.78 is 5.11. The molecular weight excluding hydrogens is 351 g/mol. The fourth-order valence-corrected chi connectivity index (χ4v) is 4.26. The molecule has 0 saturated carbocycles. The van der Waals surface area contributed by atoms with Gasteiger partial charge in [0.1, 0.15) is 0 Å². The summed E-state index contributed by atoms with van der Waals surface area (Å²) in [6, 6.07) is 0. The second kappa shape index (κ2) is 21.9. The second-order valence-electron chi connectivity index (χ2n) is 7.97. The third-order valence-electron chi connectivity index (χ3n) is 5.07. The zero-order valence-corrected chi connectivity index (χ0v) is 19.5. The maximum absolute atomic E-state index is 11.2. The number of hydrogen-bond acceptors (Lipinski definition) is 2. The van der Waals surface area contributed by atoms with Crippen molar-refractivity contribution in [2.45, 2.75) is 117 Å². The zero-order valence-electron chi connectivity index (χ0n) is 18.5. The summed E-state index contributed by atoms with van der Waals surface area (Å²) >= 11 is 0. The first-order valence-corrected chi connectivity index (χ1v) is 13.1. The summed E-state index contributed by atoms with van der Waals surface area (Å²) in [5.41, 5.74) is 0.496. The molecule has 0 saturated heterocycles. The lowest BCUT2D eigenvalue weighted by Gasteiger charge is -2.05. The van der Waals surface area contributed by atoms with Crippen molar-refractivity contribution in [1.82, 2.24) is 0 Å². The highest BCUT2D eigenvalue weighted by molar-refractivity contribution is 7.37. The van der Waals surface area contributed by atoms with Crippen LogP contribution in [0.1, 0.15) is 117 Å². The van der Waals surface area contributed by atoms with Crippen molar-refractivity contribution in [3.05, 3.63) is 12.2 Å². The van der Waals surface area contributed by atoms with Crippen LogP contribution in [0, 0.1) is 0 Å². The normalized spacial score (nSPS) is 11.3. The first-order chi connectivity index (χ1) is 13.2. The molecule has 0 aliphatic carbocycles. The molecule has 0 aliphatic rings. The summed E-state index contributed by atoms with van der Waals surface area (Å²) in [6.07, 6.45) is 25.1. The van der Waals surface area contributed by atoms with Crippen LogP contribution in [-0.4, -0.2) is 24.9 Å². The number of carbonyl (C=O) groups excluding carboxylic acids is 1. The molecule has 27 heavy (non-hydrogen) atoms. The topological polar surface area (TPSA) is 26.3 Å². The third-order valence-corrected chi connectivity index (χ3v) is 6.33. The van der Waals surface area contributed by atoms with E-state index in [1.165, 1.54) is 109 Å². The lowest BCUT2D eigenvalue weighted by molar-refractivity contribution is -0.138. The van der Waals surface area contributed by atoms with Crippen molar-refractivity contribution in [2.24, 2.45) is 0 Å². The van der Waals surface area contributed by atoms with Crippen molar-refractivity contribution < 1.29 is 9.53 Å². The third kappa shape index (κ3) is 21.8. The molecule has 2 nitrogen and oxygen atoms in total. The van der Waals surface area contributed by atoms with Crippen molar-refractivity contribution in [2.75, 3.05) is 18.9 Å². The van der Waals surface area contributed by atoms with Gasteiger partial charge in [0.2, 0.25) is 0 Å². The van der Waals surface area contributed by atoms with Gasteiger partial charge in [-0.2, -0.15) is 0 Å². The number of carbonyl (C=O) groups is 1. The van der Waals surface area contributed by atoms with Gasteiger partial charge in [-0.3, -0.25) is 0 Å². The summed E-state index contributed by atoms with van der Waals surface area (Å²) in [7, 11) is 0.929. The van der Waals surface area contributed by atoms with E-state index >= 15 is 0 Å². The van der Waals surface area contributed by atoms with E-state index in [0.717, 1.165) is 14.7 Å². The van der Waals surface area contributed by atoms with Crippen LogP contribution in [-0.2, 0) is 9.53 Å². The molecule has 0 rings (SSSR count). The fraction of sp³-hybridized carbons (Fsp3) is 0.875. The Balaban J connectivity index is 3.05. The van der Waals surface area contributed by atoms with Crippen LogP contribution in [0.3, 0.4) is 0 Å². The maximum atomic E-state index is 11.2. The molecule has 0 radical (unpaired) electrons. The predicted octanol–water partition coefficient (Wildman–Crippen LogP) is 8.05.